The van der Waals surface area contributed by atoms with Gasteiger partial charge in [-0.15, -0.1) is 0 Å². The molecule has 0 saturated heterocycles. The summed E-state index contributed by atoms with van der Waals surface area (Å²) in [5.41, 5.74) is 0.591. The first-order valence-electron chi connectivity index (χ1n) is 5.59. The summed E-state index contributed by atoms with van der Waals surface area (Å²) in [6.07, 6.45) is 6.05. The van der Waals surface area contributed by atoms with Crippen molar-refractivity contribution in [1.29, 1.82) is 0 Å². The zero-order valence-corrected chi connectivity index (χ0v) is 11.0. The summed E-state index contributed by atoms with van der Waals surface area (Å²) in [4.78, 5) is 12.1. The molecular weight excluding hydrogens is 270 g/mol. The highest BCUT2D eigenvalue weighted by Crippen LogP contribution is 2.31. The molecule has 0 aromatic carbocycles. The minimum Gasteiger partial charge on any atom is -0.469 e. The van der Waals surface area contributed by atoms with Crippen molar-refractivity contribution in [2.24, 2.45) is 0 Å². The maximum Gasteiger partial charge on any atom is 0.255 e. The Kier molecular flexibility index (Phi) is 3.38. The Morgan fingerprint density at radius 1 is 1.56 bits per heavy atom. The number of halogens is 1. The number of carbonyl (C=O) groups excluding carboxylic acids is 1. The topological polar surface area (TPSA) is 42.2 Å². The van der Waals surface area contributed by atoms with E-state index in [0.717, 1.165) is 18.2 Å². The third kappa shape index (κ3) is 2.17. The predicted molar refractivity (Wildman–Crippen MR) is 65.9 cm³/mol. The number of hydrogen-bond acceptors (Lipinski definition) is 2. The van der Waals surface area contributed by atoms with Crippen molar-refractivity contribution in [1.82, 2.24) is 5.32 Å². The lowest BCUT2D eigenvalue weighted by atomic mass is 10.00. The fourth-order valence-electron chi connectivity index (χ4n) is 2.27. The van der Waals surface area contributed by atoms with Gasteiger partial charge in [0.2, 0.25) is 0 Å². The van der Waals surface area contributed by atoms with Gasteiger partial charge in [-0.2, -0.15) is 0 Å². The highest BCUT2D eigenvalue weighted by Gasteiger charge is 2.34. The lowest BCUT2D eigenvalue weighted by Crippen LogP contribution is -2.47. The molecular formula is C12H16BrNO2. The minimum atomic E-state index is -0.0548. The second-order valence-electron chi connectivity index (χ2n) is 4.47. The van der Waals surface area contributed by atoms with Gasteiger partial charge in [0.05, 0.1) is 17.4 Å². The molecule has 4 heteroatoms. The summed E-state index contributed by atoms with van der Waals surface area (Å²) in [6, 6.07) is 1.72. The molecule has 1 saturated carbocycles. The maximum atomic E-state index is 12.1. The Morgan fingerprint density at radius 2 is 2.25 bits per heavy atom. The molecule has 1 amide bonds. The van der Waals surface area contributed by atoms with Crippen molar-refractivity contribution in [2.45, 2.75) is 38.1 Å². The molecule has 1 aromatic rings. The molecule has 2 rings (SSSR count). The second-order valence-corrected chi connectivity index (χ2v) is 5.03. The lowest BCUT2D eigenvalue weighted by Gasteiger charge is -2.27. The smallest absolute Gasteiger partial charge is 0.255 e. The standard InChI is InChI=1S/C12H16BrNO2/c1-9-10(4-7-16-9)11(15)14-12(8-13)5-2-3-6-12/h4,7H,2-3,5-6,8H2,1H3,(H,14,15). The van der Waals surface area contributed by atoms with E-state index in [-0.39, 0.29) is 11.4 Å². The highest BCUT2D eigenvalue weighted by molar-refractivity contribution is 9.09. The van der Waals surface area contributed by atoms with Crippen molar-refractivity contribution in [3.05, 3.63) is 23.7 Å². The van der Waals surface area contributed by atoms with Gasteiger partial charge in [0.15, 0.2) is 0 Å². The monoisotopic (exact) mass is 285 g/mol. The Morgan fingerprint density at radius 3 is 2.75 bits per heavy atom. The number of alkyl halides is 1. The molecule has 1 aromatic heterocycles. The Labute approximate surface area is 104 Å². The predicted octanol–water partition coefficient (Wildman–Crippen LogP) is 3.03. The largest absolute Gasteiger partial charge is 0.469 e. The fourth-order valence-corrected chi connectivity index (χ4v) is 2.97. The average molecular weight is 286 g/mol. The Balaban J connectivity index is 2.09. The van der Waals surface area contributed by atoms with Crippen LogP contribution in [0.25, 0.3) is 0 Å². The Hall–Kier alpha value is -0.770. The van der Waals surface area contributed by atoms with Crippen LogP contribution in [0, 0.1) is 6.92 Å². The van der Waals surface area contributed by atoms with Gasteiger partial charge < -0.3 is 9.73 Å². The van der Waals surface area contributed by atoms with Crippen molar-refractivity contribution in [3.8, 4) is 0 Å². The molecule has 1 N–H and O–H groups in total. The first-order valence-corrected chi connectivity index (χ1v) is 6.72. The van der Waals surface area contributed by atoms with E-state index in [9.17, 15) is 4.79 Å². The number of furan rings is 1. The zero-order valence-electron chi connectivity index (χ0n) is 9.38. The number of nitrogens with one attached hydrogen (secondary N) is 1. The van der Waals surface area contributed by atoms with Crippen LogP contribution in [0.1, 0.15) is 41.8 Å². The normalized spacial score (nSPS) is 18.6. The number of hydrogen-bond donors (Lipinski definition) is 1. The van der Waals surface area contributed by atoms with Gasteiger partial charge in [0.1, 0.15) is 5.76 Å². The van der Waals surface area contributed by atoms with E-state index in [1.807, 2.05) is 6.92 Å². The zero-order chi connectivity index (χ0) is 11.6. The SMILES string of the molecule is Cc1occc1C(=O)NC1(CBr)CCCC1. The van der Waals surface area contributed by atoms with Crippen molar-refractivity contribution in [2.75, 3.05) is 5.33 Å². The van der Waals surface area contributed by atoms with Crippen LogP contribution in [-0.4, -0.2) is 16.8 Å². The summed E-state index contributed by atoms with van der Waals surface area (Å²) in [5, 5.41) is 3.96. The molecule has 0 bridgehead atoms. The van der Waals surface area contributed by atoms with Crippen LogP contribution in [-0.2, 0) is 0 Å². The number of carbonyl (C=O) groups is 1. The number of rotatable bonds is 3. The van der Waals surface area contributed by atoms with E-state index >= 15 is 0 Å². The van der Waals surface area contributed by atoms with E-state index in [1.165, 1.54) is 12.8 Å². The quantitative estimate of drug-likeness (QED) is 0.868. The first kappa shape index (κ1) is 11.7. The first-order chi connectivity index (χ1) is 7.67. The van der Waals surface area contributed by atoms with Crippen LogP contribution in [0.4, 0.5) is 0 Å². The van der Waals surface area contributed by atoms with E-state index in [1.54, 1.807) is 12.3 Å². The van der Waals surface area contributed by atoms with E-state index in [4.69, 9.17) is 4.42 Å². The van der Waals surface area contributed by atoms with Gasteiger partial charge in [-0.05, 0) is 25.8 Å². The summed E-state index contributed by atoms with van der Waals surface area (Å²) in [5.74, 6) is 0.660. The van der Waals surface area contributed by atoms with Gasteiger partial charge in [0.25, 0.3) is 5.91 Å². The number of amides is 1. The molecule has 0 atom stereocenters. The van der Waals surface area contributed by atoms with Crippen LogP contribution >= 0.6 is 15.9 Å². The molecule has 0 unspecified atom stereocenters. The Bertz CT molecular complexity index is 380. The molecule has 1 fully saturated rings. The van der Waals surface area contributed by atoms with Crippen molar-refractivity contribution in [3.63, 3.8) is 0 Å². The van der Waals surface area contributed by atoms with Crippen molar-refractivity contribution >= 4 is 21.8 Å². The van der Waals surface area contributed by atoms with Gasteiger partial charge in [0, 0.05) is 5.33 Å². The fraction of sp³-hybridized carbons (Fsp3) is 0.583. The molecule has 3 nitrogen and oxygen atoms in total. The highest BCUT2D eigenvalue weighted by atomic mass is 79.9. The summed E-state index contributed by atoms with van der Waals surface area (Å²) < 4.78 is 5.14. The van der Waals surface area contributed by atoms with Gasteiger partial charge in [-0.25, -0.2) is 0 Å². The lowest BCUT2D eigenvalue weighted by molar-refractivity contribution is 0.0909. The van der Waals surface area contributed by atoms with Crippen LogP contribution in [0.15, 0.2) is 16.7 Å². The molecule has 16 heavy (non-hydrogen) atoms. The van der Waals surface area contributed by atoms with Gasteiger partial charge >= 0.3 is 0 Å². The van der Waals surface area contributed by atoms with E-state index < -0.39 is 0 Å². The van der Waals surface area contributed by atoms with Crippen LogP contribution < -0.4 is 5.32 Å². The number of aryl methyl sites for hydroxylation is 1. The van der Waals surface area contributed by atoms with Crippen LogP contribution in [0.5, 0.6) is 0 Å². The second kappa shape index (κ2) is 4.62. The molecule has 1 aliphatic rings. The maximum absolute atomic E-state index is 12.1. The molecule has 1 aliphatic carbocycles. The minimum absolute atomic E-state index is 0.0207. The van der Waals surface area contributed by atoms with Crippen molar-refractivity contribution < 1.29 is 9.21 Å². The molecule has 0 aliphatic heterocycles. The molecule has 88 valence electrons. The molecule has 0 spiro atoms. The van der Waals surface area contributed by atoms with Crippen LogP contribution in [0.2, 0.25) is 0 Å². The van der Waals surface area contributed by atoms with Crippen LogP contribution in [0.3, 0.4) is 0 Å². The van der Waals surface area contributed by atoms with E-state index in [2.05, 4.69) is 21.2 Å². The third-order valence-corrected chi connectivity index (χ3v) is 4.37. The summed E-state index contributed by atoms with van der Waals surface area (Å²) in [7, 11) is 0. The third-order valence-electron chi connectivity index (χ3n) is 3.30. The summed E-state index contributed by atoms with van der Waals surface area (Å²) >= 11 is 3.51. The van der Waals surface area contributed by atoms with E-state index in [0.29, 0.717) is 11.3 Å². The summed E-state index contributed by atoms with van der Waals surface area (Å²) in [6.45, 7) is 1.81. The molecule has 1 heterocycles. The van der Waals surface area contributed by atoms with Gasteiger partial charge in [-0.1, -0.05) is 28.8 Å². The molecule has 0 radical (unpaired) electrons. The van der Waals surface area contributed by atoms with Gasteiger partial charge in [-0.3, -0.25) is 4.79 Å². The average Bonchev–Trinajstić information content (AvgIpc) is 2.87.